The molecule has 10 heteroatoms. The molecule has 3 heterocycles. The Morgan fingerprint density at radius 1 is 1.19 bits per heavy atom. The van der Waals surface area contributed by atoms with Gasteiger partial charge in [0.15, 0.2) is 10.8 Å². The molecule has 2 fully saturated rings. The summed E-state index contributed by atoms with van der Waals surface area (Å²) in [6, 6.07) is 0.365. The van der Waals surface area contributed by atoms with Crippen LogP contribution in [-0.4, -0.2) is 51.5 Å². The van der Waals surface area contributed by atoms with Gasteiger partial charge in [-0.05, 0) is 39.5 Å². The smallest absolute Gasteiger partial charge is 0.273 e. The van der Waals surface area contributed by atoms with Crippen LogP contribution in [0.4, 0.5) is 5.13 Å². The minimum absolute atomic E-state index is 0.0155. The lowest BCUT2D eigenvalue weighted by molar-refractivity contribution is -0.126. The van der Waals surface area contributed by atoms with Crippen molar-refractivity contribution < 1.29 is 9.59 Å². The maximum Gasteiger partial charge on any atom is 0.273 e. The van der Waals surface area contributed by atoms with Crippen LogP contribution in [0, 0.1) is 5.92 Å². The predicted molar refractivity (Wildman–Crippen MR) is 120 cm³/mol. The van der Waals surface area contributed by atoms with Crippen molar-refractivity contribution in [2.45, 2.75) is 71.0 Å². The minimum atomic E-state index is -0.235. The minimum Gasteiger partial charge on any atom is -0.354 e. The molecule has 2 aromatic rings. The van der Waals surface area contributed by atoms with E-state index in [4.69, 9.17) is 0 Å². The van der Waals surface area contributed by atoms with E-state index in [0.29, 0.717) is 23.4 Å². The maximum atomic E-state index is 12.9. The van der Waals surface area contributed by atoms with Crippen LogP contribution in [0.25, 0.3) is 10.3 Å². The Kier molecular flexibility index (Phi) is 6.54. The van der Waals surface area contributed by atoms with E-state index >= 15 is 0 Å². The number of hydrogen-bond acceptors (Lipinski definition) is 7. The van der Waals surface area contributed by atoms with Crippen molar-refractivity contribution in [3.8, 4) is 0 Å². The number of nitrogens with zero attached hydrogens (tertiary/aromatic N) is 4. The van der Waals surface area contributed by atoms with E-state index in [2.05, 4.69) is 25.5 Å². The van der Waals surface area contributed by atoms with E-state index < -0.39 is 0 Å². The summed E-state index contributed by atoms with van der Waals surface area (Å²) in [5.41, 5.74) is 0.179. The number of amides is 2. The molecule has 4 rings (SSSR count). The lowest BCUT2D eigenvalue weighted by Gasteiger charge is -2.31. The summed E-state index contributed by atoms with van der Waals surface area (Å²) < 4.78 is 1.82. The largest absolute Gasteiger partial charge is 0.354 e. The molecule has 1 aliphatic carbocycles. The Morgan fingerprint density at radius 3 is 2.58 bits per heavy atom. The zero-order chi connectivity index (χ0) is 22.0. The van der Waals surface area contributed by atoms with Crippen LogP contribution in [0.2, 0.25) is 0 Å². The van der Waals surface area contributed by atoms with Gasteiger partial charge in [0.2, 0.25) is 11.8 Å². The van der Waals surface area contributed by atoms with Gasteiger partial charge in [-0.2, -0.15) is 4.98 Å². The standard InChI is InChI=1S/C21H30N6O3S/c1-13(2)23-19(29)14-7-9-26(10-8-14)21-25-18-17(31-21)20(30)27(12-22-18)11-16(28)24-15-5-3-4-6-15/h12-15H,3-11H2,1-2H3,(H,23,29)(H,24,28). The van der Waals surface area contributed by atoms with Crippen molar-refractivity contribution >= 4 is 38.6 Å². The highest BCUT2D eigenvalue weighted by atomic mass is 32.1. The van der Waals surface area contributed by atoms with Gasteiger partial charge >= 0.3 is 0 Å². The molecule has 168 valence electrons. The number of carbonyl (C=O) groups excluding carboxylic acids is 2. The summed E-state index contributed by atoms with van der Waals surface area (Å²) in [7, 11) is 0. The molecular formula is C21H30N6O3S. The topological polar surface area (TPSA) is 109 Å². The normalized spacial score (nSPS) is 18.1. The molecule has 1 aliphatic heterocycles. The maximum absolute atomic E-state index is 12.9. The number of carbonyl (C=O) groups is 2. The average Bonchev–Trinajstić information content (AvgIpc) is 3.40. The monoisotopic (exact) mass is 446 g/mol. The summed E-state index contributed by atoms with van der Waals surface area (Å²) >= 11 is 1.31. The van der Waals surface area contributed by atoms with E-state index in [9.17, 15) is 14.4 Å². The van der Waals surface area contributed by atoms with Gasteiger partial charge < -0.3 is 15.5 Å². The van der Waals surface area contributed by atoms with Crippen LogP contribution >= 0.6 is 11.3 Å². The molecule has 9 nitrogen and oxygen atoms in total. The van der Waals surface area contributed by atoms with Gasteiger partial charge in [0.1, 0.15) is 17.6 Å². The van der Waals surface area contributed by atoms with E-state index in [1.165, 1.54) is 22.2 Å². The van der Waals surface area contributed by atoms with Crippen molar-refractivity contribution in [3.05, 3.63) is 16.7 Å². The number of thiazole rings is 1. The van der Waals surface area contributed by atoms with E-state index in [1.807, 2.05) is 13.8 Å². The summed E-state index contributed by atoms with van der Waals surface area (Å²) in [5, 5.41) is 6.73. The van der Waals surface area contributed by atoms with Gasteiger partial charge in [-0.1, -0.05) is 24.2 Å². The summed E-state index contributed by atoms with van der Waals surface area (Å²) in [6.07, 6.45) is 7.22. The Morgan fingerprint density at radius 2 is 1.90 bits per heavy atom. The van der Waals surface area contributed by atoms with Crippen molar-refractivity contribution in [2.75, 3.05) is 18.0 Å². The Balaban J connectivity index is 1.41. The van der Waals surface area contributed by atoms with Crippen molar-refractivity contribution in [3.63, 3.8) is 0 Å². The number of aromatic nitrogens is 3. The molecule has 0 unspecified atom stereocenters. The first kappa shape index (κ1) is 21.7. The Labute approximate surface area is 185 Å². The Hall–Kier alpha value is -2.49. The van der Waals surface area contributed by atoms with Gasteiger partial charge in [0, 0.05) is 31.1 Å². The first-order valence-electron chi connectivity index (χ1n) is 11.1. The molecule has 2 aromatic heterocycles. The first-order valence-corrected chi connectivity index (χ1v) is 11.9. The van der Waals surface area contributed by atoms with E-state index in [-0.39, 0.29) is 41.9 Å². The summed E-state index contributed by atoms with van der Waals surface area (Å²) in [5.74, 6) is -0.0252. The molecule has 0 spiro atoms. The molecule has 31 heavy (non-hydrogen) atoms. The quantitative estimate of drug-likeness (QED) is 0.698. The van der Waals surface area contributed by atoms with Crippen molar-refractivity contribution in [2.24, 2.45) is 5.92 Å². The SMILES string of the molecule is CC(C)NC(=O)C1CCN(c2nc3ncn(CC(=O)NC4CCCC4)c(=O)c3s2)CC1. The van der Waals surface area contributed by atoms with Crippen molar-refractivity contribution in [1.29, 1.82) is 0 Å². The third-order valence-corrected chi connectivity index (χ3v) is 7.07. The molecular weight excluding hydrogens is 416 g/mol. The summed E-state index contributed by atoms with van der Waals surface area (Å²) in [4.78, 5) is 48.4. The van der Waals surface area contributed by atoms with Crippen LogP contribution < -0.4 is 21.1 Å². The second-order valence-corrected chi connectivity index (χ2v) is 9.78. The number of fused-ring (bicyclic) bond motifs is 1. The molecule has 1 saturated carbocycles. The molecule has 1 saturated heterocycles. The number of rotatable bonds is 6. The highest BCUT2D eigenvalue weighted by Gasteiger charge is 2.27. The van der Waals surface area contributed by atoms with Crippen LogP contribution in [0.1, 0.15) is 52.4 Å². The average molecular weight is 447 g/mol. The second-order valence-electron chi connectivity index (χ2n) is 8.80. The lowest BCUT2D eigenvalue weighted by atomic mass is 9.96. The number of anilines is 1. The fourth-order valence-electron chi connectivity index (χ4n) is 4.32. The van der Waals surface area contributed by atoms with Crippen LogP contribution in [0.3, 0.4) is 0 Å². The third-order valence-electron chi connectivity index (χ3n) is 5.97. The first-order chi connectivity index (χ1) is 14.9. The molecule has 0 aromatic carbocycles. The van der Waals surface area contributed by atoms with Gasteiger partial charge in [-0.3, -0.25) is 19.0 Å². The number of piperidine rings is 1. The molecule has 2 aliphatic rings. The van der Waals surface area contributed by atoms with E-state index in [0.717, 1.165) is 43.7 Å². The van der Waals surface area contributed by atoms with E-state index in [1.54, 1.807) is 0 Å². The van der Waals surface area contributed by atoms with Crippen LogP contribution in [0.5, 0.6) is 0 Å². The van der Waals surface area contributed by atoms with Gasteiger partial charge in [0.25, 0.3) is 5.56 Å². The molecule has 0 atom stereocenters. The van der Waals surface area contributed by atoms with Gasteiger partial charge in [0.05, 0.1) is 0 Å². The zero-order valence-electron chi connectivity index (χ0n) is 18.1. The Bertz CT molecular complexity index is 1000. The predicted octanol–water partition coefficient (Wildman–Crippen LogP) is 1.65. The molecule has 2 amide bonds. The molecule has 2 N–H and O–H groups in total. The van der Waals surface area contributed by atoms with Crippen LogP contribution in [-0.2, 0) is 16.1 Å². The molecule has 0 radical (unpaired) electrons. The highest BCUT2D eigenvalue weighted by molar-refractivity contribution is 7.22. The fraction of sp³-hybridized carbons (Fsp3) is 0.667. The van der Waals surface area contributed by atoms with Gasteiger partial charge in [-0.25, -0.2) is 4.98 Å². The van der Waals surface area contributed by atoms with Crippen molar-refractivity contribution in [1.82, 2.24) is 25.2 Å². The fourth-order valence-corrected chi connectivity index (χ4v) is 5.34. The van der Waals surface area contributed by atoms with Crippen LogP contribution in [0.15, 0.2) is 11.1 Å². The second kappa shape index (κ2) is 9.33. The third kappa shape index (κ3) is 5.06. The summed E-state index contributed by atoms with van der Waals surface area (Å²) in [6.45, 7) is 5.34. The number of hydrogen-bond donors (Lipinski definition) is 2. The number of nitrogens with one attached hydrogen (secondary N) is 2. The lowest BCUT2D eigenvalue weighted by Crippen LogP contribution is -2.42. The molecule has 0 bridgehead atoms. The van der Waals surface area contributed by atoms with Gasteiger partial charge in [-0.15, -0.1) is 0 Å². The zero-order valence-corrected chi connectivity index (χ0v) is 18.9. The highest BCUT2D eigenvalue weighted by Crippen LogP contribution is 2.29.